The highest BCUT2D eigenvalue weighted by Gasteiger charge is 2.42. The lowest BCUT2D eigenvalue weighted by atomic mass is 10.0. The SMILES string of the molecule is O=C(CSC1=NC2NNCC2C(=O)N1c1cccc2ccccc12)N1CCN(c2ccccc2)CC1. The number of hydrogen-bond acceptors (Lipinski definition) is 7. The van der Waals surface area contributed by atoms with Gasteiger partial charge >= 0.3 is 0 Å². The summed E-state index contributed by atoms with van der Waals surface area (Å²) in [6, 6.07) is 24.3. The van der Waals surface area contributed by atoms with Crippen molar-refractivity contribution >= 4 is 50.9 Å². The zero-order valence-electron chi connectivity index (χ0n) is 19.8. The van der Waals surface area contributed by atoms with Crippen molar-refractivity contribution in [2.24, 2.45) is 10.9 Å². The van der Waals surface area contributed by atoms with Crippen LogP contribution >= 0.6 is 11.8 Å². The third-order valence-electron chi connectivity index (χ3n) is 7.02. The minimum absolute atomic E-state index is 0.00437. The van der Waals surface area contributed by atoms with Crippen molar-refractivity contribution < 1.29 is 9.59 Å². The first-order valence-corrected chi connectivity index (χ1v) is 13.3. The van der Waals surface area contributed by atoms with Gasteiger partial charge in [0, 0.05) is 43.8 Å². The number of hydrogen-bond donors (Lipinski definition) is 2. The minimum Gasteiger partial charge on any atom is -0.368 e. The number of nitrogens with zero attached hydrogens (tertiary/aromatic N) is 4. The molecule has 2 saturated heterocycles. The number of benzene rings is 3. The summed E-state index contributed by atoms with van der Waals surface area (Å²) in [5, 5.41) is 2.61. The zero-order valence-corrected chi connectivity index (χ0v) is 20.7. The van der Waals surface area contributed by atoms with E-state index in [0.29, 0.717) is 24.8 Å². The van der Waals surface area contributed by atoms with E-state index in [9.17, 15) is 9.59 Å². The van der Waals surface area contributed by atoms with Gasteiger partial charge in [0.15, 0.2) is 5.17 Å². The molecule has 3 aliphatic heterocycles. The van der Waals surface area contributed by atoms with E-state index in [0.717, 1.165) is 29.5 Å². The Kier molecular flexibility index (Phi) is 6.35. The van der Waals surface area contributed by atoms with E-state index < -0.39 is 0 Å². The number of amidine groups is 1. The first kappa shape index (κ1) is 23.0. The Balaban J connectivity index is 1.19. The summed E-state index contributed by atoms with van der Waals surface area (Å²) in [5.74, 6) is 0.0227. The highest BCUT2D eigenvalue weighted by Crippen LogP contribution is 2.34. The highest BCUT2D eigenvalue weighted by atomic mass is 32.2. The highest BCUT2D eigenvalue weighted by molar-refractivity contribution is 8.14. The van der Waals surface area contributed by atoms with Gasteiger partial charge in [-0.05, 0) is 23.6 Å². The molecule has 2 atom stereocenters. The molecule has 2 fully saturated rings. The van der Waals surface area contributed by atoms with Crippen molar-refractivity contribution in [2.45, 2.75) is 6.17 Å². The van der Waals surface area contributed by atoms with Crippen LogP contribution in [-0.4, -0.2) is 66.5 Å². The molecule has 0 aliphatic carbocycles. The first-order chi connectivity index (χ1) is 17.7. The molecule has 0 saturated carbocycles. The van der Waals surface area contributed by atoms with Gasteiger partial charge in [-0.1, -0.05) is 66.4 Å². The number of aliphatic imine (C=N–C) groups is 1. The molecule has 2 N–H and O–H groups in total. The lowest BCUT2D eigenvalue weighted by Gasteiger charge is -2.36. The molecule has 184 valence electrons. The zero-order chi connectivity index (χ0) is 24.5. The topological polar surface area (TPSA) is 80.3 Å². The molecular formula is C27H28N6O2S. The number of anilines is 2. The van der Waals surface area contributed by atoms with Crippen molar-refractivity contribution in [1.82, 2.24) is 15.8 Å². The van der Waals surface area contributed by atoms with Crippen molar-refractivity contribution in [3.63, 3.8) is 0 Å². The minimum atomic E-state index is -0.323. The number of hydrazine groups is 1. The lowest BCUT2D eigenvalue weighted by molar-refractivity contribution is -0.128. The Morgan fingerprint density at radius 2 is 1.69 bits per heavy atom. The van der Waals surface area contributed by atoms with Gasteiger partial charge < -0.3 is 9.80 Å². The maximum atomic E-state index is 13.6. The van der Waals surface area contributed by atoms with Gasteiger partial charge in [0.25, 0.3) is 0 Å². The van der Waals surface area contributed by atoms with Gasteiger partial charge in [-0.25, -0.2) is 10.4 Å². The molecule has 0 bridgehead atoms. The maximum Gasteiger partial charge on any atom is 0.241 e. The average molecular weight is 501 g/mol. The van der Waals surface area contributed by atoms with E-state index in [1.54, 1.807) is 4.90 Å². The van der Waals surface area contributed by atoms with Gasteiger partial charge in [-0.3, -0.25) is 19.9 Å². The van der Waals surface area contributed by atoms with E-state index in [2.05, 4.69) is 27.9 Å². The van der Waals surface area contributed by atoms with Crippen LogP contribution in [0.25, 0.3) is 10.8 Å². The fourth-order valence-corrected chi connectivity index (χ4v) is 6.01. The van der Waals surface area contributed by atoms with Crippen LogP contribution in [0.4, 0.5) is 11.4 Å². The predicted molar refractivity (Wildman–Crippen MR) is 145 cm³/mol. The number of carbonyl (C=O) groups excluding carboxylic acids is 2. The Labute approximate surface area is 214 Å². The number of nitrogens with one attached hydrogen (secondary N) is 2. The molecule has 3 aliphatic rings. The smallest absolute Gasteiger partial charge is 0.241 e. The average Bonchev–Trinajstić information content (AvgIpc) is 3.41. The summed E-state index contributed by atoms with van der Waals surface area (Å²) in [7, 11) is 0. The third kappa shape index (κ3) is 4.34. The molecule has 9 heteroatoms. The van der Waals surface area contributed by atoms with E-state index in [1.165, 1.54) is 17.4 Å². The van der Waals surface area contributed by atoms with E-state index >= 15 is 0 Å². The Morgan fingerprint density at radius 3 is 2.53 bits per heavy atom. The summed E-state index contributed by atoms with van der Waals surface area (Å²) >= 11 is 1.34. The van der Waals surface area contributed by atoms with E-state index in [4.69, 9.17) is 4.99 Å². The molecule has 36 heavy (non-hydrogen) atoms. The molecule has 0 aromatic heterocycles. The number of rotatable bonds is 4. The summed E-state index contributed by atoms with van der Waals surface area (Å²) in [6.45, 7) is 3.51. The number of fused-ring (bicyclic) bond motifs is 2. The summed E-state index contributed by atoms with van der Waals surface area (Å²) in [4.78, 5) is 37.6. The number of para-hydroxylation sites is 1. The van der Waals surface area contributed by atoms with Crippen LogP contribution in [0.2, 0.25) is 0 Å². The van der Waals surface area contributed by atoms with Gasteiger partial charge in [-0.15, -0.1) is 0 Å². The fraction of sp³-hybridized carbons (Fsp3) is 0.296. The summed E-state index contributed by atoms with van der Waals surface area (Å²) in [5.41, 5.74) is 8.16. The molecular weight excluding hydrogens is 472 g/mol. The monoisotopic (exact) mass is 500 g/mol. The Hall–Kier alpha value is -3.40. The second kappa shape index (κ2) is 9.93. The van der Waals surface area contributed by atoms with E-state index in [1.807, 2.05) is 65.6 Å². The van der Waals surface area contributed by atoms with Crippen molar-refractivity contribution in [3.8, 4) is 0 Å². The standard InChI is InChI=1S/C27H28N6O2S/c34-24(32-15-13-31(14-16-32)20-9-2-1-3-10-20)18-36-27-29-25-22(17-28-30-25)26(35)33(27)23-12-6-8-19-7-4-5-11-21(19)23/h1-12,22,25,28,30H,13-18H2. The van der Waals surface area contributed by atoms with Crippen LogP contribution in [0.3, 0.4) is 0 Å². The number of piperazine rings is 1. The number of amides is 2. The summed E-state index contributed by atoms with van der Waals surface area (Å²) < 4.78 is 0. The Morgan fingerprint density at radius 1 is 0.944 bits per heavy atom. The van der Waals surface area contributed by atoms with Gasteiger partial charge in [0.2, 0.25) is 11.8 Å². The molecule has 3 aromatic carbocycles. The molecule has 0 spiro atoms. The number of thioether (sulfide) groups is 1. The van der Waals surface area contributed by atoms with Gasteiger partial charge in [0.05, 0.1) is 17.4 Å². The van der Waals surface area contributed by atoms with Gasteiger partial charge in [-0.2, -0.15) is 0 Å². The largest absolute Gasteiger partial charge is 0.368 e. The van der Waals surface area contributed by atoms with Gasteiger partial charge in [0.1, 0.15) is 6.17 Å². The van der Waals surface area contributed by atoms with Crippen molar-refractivity contribution in [3.05, 3.63) is 72.8 Å². The third-order valence-corrected chi connectivity index (χ3v) is 7.95. The van der Waals surface area contributed by atoms with Crippen LogP contribution in [-0.2, 0) is 9.59 Å². The van der Waals surface area contributed by atoms with Crippen LogP contribution in [0.5, 0.6) is 0 Å². The quantitative estimate of drug-likeness (QED) is 0.574. The van der Waals surface area contributed by atoms with Crippen LogP contribution < -0.4 is 20.7 Å². The molecule has 2 unspecified atom stereocenters. The molecule has 8 nitrogen and oxygen atoms in total. The molecule has 0 radical (unpaired) electrons. The molecule has 6 rings (SSSR count). The Bertz CT molecular complexity index is 1300. The predicted octanol–water partition coefficient (Wildman–Crippen LogP) is 2.67. The molecule has 3 heterocycles. The van der Waals surface area contributed by atoms with Crippen LogP contribution in [0, 0.1) is 5.92 Å². The first-order valence-electron chi connectivity index (χ1n) is 12.3. The van der Waals surface area contributed by atoms with Crippen molar-refractivity contribution in [1.29, 1.82) is 0 Å². The van der Waals surface area contributed by atoms with E-state index in [-0.39, 0.29) is 29.7 Å². The van der Waals surface area contributed by atoms with Crippen molar-refractivity contribution in [2.75, 3.05) is 48.3 Å². The lowest BCUT2D eigenvalue weighted by Crippen LogP contribution is -2.51. The van der Waals surface area contributed by atoms with Crippen LogP contribution in [0.1, 0.15) is 0 Å². The molecule has 2 amide bonds. The molecule has 3 aromatic rings. The van der Waals surface area contributed by atoms with Crippen LogP contribution in [0.15, 0.2) is 77.8 Å². The second-order valence-electron chi connectivity index (χ2n) is 9.15. The second-order valence-corrected chi connectivity index (χ2v) is 10.1. The maximum absolute atomic E-state index is 13.6. The number of carbonyl (C=O) groups is 2. The normalized spacial score (nSPS) is 22.1. The fourth-order valence-electron chi connectivity index (χ4n) is 5.06. The summed E-state index contributed by atoms with van der Waals surface area (Å²) in [6.07, 6.45) is -0.323.